The molecular weight excluding hydrogens is 304 g/mol. The Morgan fingerprint density at radius 2 is 1.88 bits per heavy atom. The maximum atomic E-state index is 12.0. The van der Waals surface area contributed by atoms with Crippen molar-refractivity contribution in [3.63, 3.8) is 0 Å². The second-order valence-corrected chi connectivity index (χ2v) is 5.41. The number of para-hydroxylation sites is 2. The Labute approximate surface area is 142 Å². The van der Waals surface area contributed by atoms with Crippen molar-refractivity contribution in [1.82, 2.24) is 0 Å². The predicted octanol–water partition coefficient (Wildman–Crippen LogP) is 3.47. The number of amides is 1. The Bertz CT molecular complexity index is 734. The highest BCUT2D eigenvalue weighted by molar-refractivity contribution is 5.95. The minimum absolute atomic E-state index is 0.0217. The number of nitrogens with zero attached hydrogens (tertiary/aromatic N) is 1. The largest absolute Gasteiger partial charge is 0.504 e. The van der Waals surface area contributed by atoms with Crippen LogP contribution in [0.25, 0.3) is 0 Å². The first-order valence-corrected chi connectivity index (χ1v) is 7.83. The maximum Gasteiger partial charge on any atom is 0.246 e. The SMILES string of the molecule is CCOc1cccc(C=NCC(=O)Nc2c(C)cccc2C)c1O. The summed E-state index contributed by atoms with van der Waals surface area (Å²) in [6.45, 7) is 6.18. The summed E-state index contributed by atoms with van der Waals surface area (Å²) in [7, 11) is 0. The molecule has 0 aliphatic carbocycles. The fourth-order valence-corrected chi connectivity index (χ4v) is 2.33. The average Bonchev–Trinajstić information content (AvgIpc) is 2.55. The zero-order valence-corrected chi connectivity index (χ0v) is 14.2. The van der Waals surface area contributed by atoms with Gasteiger partial charge in [-0.15, -0.1) is 0 Å². The molecule has 0 saturated heterocycles. The lowest BCUT2D eigenvalue weighted by molar-refractivity contribution is -0.114. The molecule has 0 atom stereocenters. The lowest BCUT2D eigenvalue weighted by Gasteiger charge is -2.10. The van der Waals surface area contributed by atoms with Crippen LogP contribution in [0.2, 0.25) is 0 Å². The minimum atomic E-state index is -0.205. The van der Waals surface area contributed by atoms with Crippen LogP contribution in [0, 0.1) is 13.8 Å². The topological polar surface area (TPSA) is 70.9 Å². The number of carbonyl (C=O) groups is 1. The van der Waals surface area contributed by atoms with Crippen molar-refractivity contribution in [3.05, 3.63) is 53.1 Å². The van der Waals surface area contributed by atoms with Crippen LogP contribution in [0.1, 0.15) is 23.6 Å². The highest BCUT2D eigenvalue weighted by atomic mass is 16.5. The Kier molecular flexibility index (Phi) is 5.95. The second kappa shape index (κ2) is 8.15. The van der Waals surface area contributed by atoms with Crippen LogP contribution in [0.15, 0.2) is 41.4 Å². The van der Waals surface area contributed by atoms with Gasteiger partial charge in [-0.25, -0.2) is 0 Å². The normalized spacial score (nSPS) is 10.8. The van der Waals surface area contributed by atoms with Crippen LogP contribution in [0.4, 0.5) is 5.69 Å². The molecule has 0 aliphatic rings. The number of nitrogens with one attached hydrogen (secondary N) is 1. The monoisotopic (exact) mass is 326 g/mol. The summed E-state index contributed by atoms with van der Waals surface area (Å²) in [5.74, 6) is 0.226. The Hall–Kier alpha value is -2.82. The van der Waals surface area contributed by atoms with Crippen LogP contribution >= 0.6 is 0 Å². The van der Waals surface area contributed by atoms with Crippen molar-refractivity contribution >= 4 is 17.8 Å². The van der Waals surface area contributed by atoms with E-state index in [0.29, 0.717) is 17.9 Å². The van der Waals surface area contributed by atoms with E-state index in [2.05, 4.69) is 10.3 Å². The third kappa shape index (κ3) is 4.35. The standard InChI is InChI=1S/C19H22N2O3/c1-4-24-16-10-6-9-15(19(16)23)11-20-12-17(22)21-18-13(2)7-5-8-14(18)3/h5-11,23H,4,12H2,1-3H3,(H,21,22). The summed E-state index contributed by atoms with van der Waals surface area (Å²) in [5.41, 5.74) is 3.35. The van der Waals surface area contributed by atoms with Gasteiger partial charge in [0.2, 0.25) is 5.91 Å². The number of rotatable bonds is 6. The van der Waals surface area contributed by atoms with Crippen molar-refractivity contribution < 1.29 is 14.6 Å². The van der Waals surface area contributed by atoms with Crippen LogP contribution in [-0.2, 0) is 4.79 Å². The number of hydrogen-bond donors (Lipinski definition) is 2. The van der Waals surface area contributed by atoms with E-state index in [0.717, 1.165) is 16.8 Å². The smallest absolute Gasteiger partial charge is 0.246 e. The van der Waals surface area contributed by atoms with Gasteiger partial charge in [0.1, 0.15) is 6.54 Å². The Morgan fingerprint density at radius 3 is 2.54 bits per heavy atom. The van der Waals surface area contributed by atoms with E-state index in [9.17, 15) is 9.90 Å². The highest BCUT2D eigenvalue weighted by Gasteiger charge is 2.08. The van der Waals surface area contributed by atoms with Gasteiger partial charge in [0.05, 0.1) is 6.61 Å². The molecule has 0 aromatic heterocycles. The number of anilines is 1. The van der Waals surface area contributed by atoms with E-state index < -0.39 is 0 Å². The van der Waals surface area contributed by atoms with Crippen molar-refractivity contribution in [1.29, 1.82) is 0 Å². The molecule has 2 aromatic rings. The van der Waals surface area contributed by atoms with E-state index >= 15 is 0 Å². The van der Waals surface area contributed by atoms with Crippen molar-refractivity contribution in [2.24, 2.45) is 4.99 Å². The number of benzene rings is 2. The summed E-state index contributed by atoms with van der Waals surface area (Å²) < 4.78 is 5.32. The first-order chi connectivity index (χ1) is 11.5. The number of phenolic OH excluding ortho intramolecular Hbond substituents is 1. The molecule has 5 heteroatoms. The quantitative estimate of drug-likeness (QED) is 0.799. The third-order valence-corrected chi connectivity index (χ3v) is 3.54. The maximum absolute atomic E-state index is 12.0. The molecule has 0 aliphatic heterocycles. The number of phenols is 1. The number of aliphatic imine (C=N–C) groups is 1. The number of ether oxygens (including phenoxy) is 1. The van der Waals surface area contributed by atoms with Crippen LogP contribution < -0.4 is 10.1 Å². The van der Waals surface area contributed by atoms with Gasteiger partial charge in [-0.1, -0.05) is 24.3 Å². The number of hydrogen-bond acceptors (Lipinski definition) is 4. The summed E-state index contributed by atoms with van der Waals surface area (Å²) >= 11 is 0. The van der Waals surface area contributed by atoms with Crippen molar-refractivity contribution in [2.45, 2.75) is 20.8 Å². The number of carbonyl (C=O) groups excluding carboxylic acids is 1. The predicted molar refractivity (Wildman–Crippen MR) is 96.3 cm³/mol. The molecule has 0 radical (unpaired) electrons. The highest BCUT2D eigenvalue weighted by Crippen LogP contribution is 2.28. The molecule has 2 rings (SSSR count). The molecule has 24 heavy (non-hydrogen) atoms. The van der Waals surface area contributed by atoms with Crippen molar-refractivity contribution in [2.75, 3.05) is 18.5 Å². The van der Waals surface area contributed by atoms with Crippen LogP contribution in [0.3, 0.4) is 0 Å². The van der Waals surface area contributed by atoms with E-state index in [1.807, 2.05) is 39.0 Å². The van der Waals surface area contributed by atoms with E-state index in [1.165, 1.54) is 6.21 Å². The van der Waals surface area contributed by atoms with Crippen LogP contribution in [-0.4, -0.2) is 30.4 Å². The molecule has 0 heterocycles. The van der Waals surface area contributed by atoms with Gasteiger partial charge in [-0.2, -0.15) is 0 Å². The molecular formula is C19H22N2O3. The van der Waals surface area contributed by atoms with Gasteiger partial charge in [-0.3, -0.25) is 9.79 Å². The Morgan fingerprint density at radius 1 is 1.21 bits per heavy atom. The lowest BCUT2D eigenvalue weighted by Crippen LogP contribution is -2.16. The third-order valence-electron chi connectivity index (χ3n) is 3.54. The zero-order chi connectivity index (χ0) is 17.5. The molecule has 2 aromatic carbocycles. The van der Waals surface area contributed by atoms with Gasteiger partial charge in [0, 0.05) is 17.5 Å². The van der Waals surface area contributed by atoms with E-state index in [1.54, 1.807) is 18.2 Å². The molecule has 0 unspecified atom stereocenters. The minimum Gasteiger partial charge on any atom is -0.504 e. The molecule has 0 fully saturated rings. The molecule has 1 amide bonds. The molecule has 5 nitrogen and oxygen atoms in total. The van der Waals surface area contributed by atoms with Gasteiger partial charge >= 0.3 is 0 Å². The Balaban J connectivity index is 2.02. The molecule has 0 bridgehead atoms. The number of aryl methyl sites for hydroxylation is 2. The number of aromatic hydroxyl groups is 1. The summed E-state index contributed by atoms with van der Waals surface area (Å²) in [6, 6.07) is 11.0. The molecule has 0 spiro atoms. The molecule has 2 N–H and O–H groups in total. The summed E-state index contributed by atoms with van der Waals surface area (Å²) in [5, 5.41) is 12.9. The van der Waals surface area contributed by atoms with Gasteiger partial charge in [0.25, 0.3) is 0 Å². The molecule has 126 valence electrons. The fraction of sp³-hybridized carbons (Fsp3) is 0.263. The lowest BCUT2D eigenvalue weighted by atomic mass is 10.1. The summed E-state index contributed by atoms with van der Waals surface area (Å²) in [6.07, 6.45) is 1.47. The first-order valence-electron chi connectivity index (χ1n) is 7.83. The molecule has 0 saturated carbocycles. The second-order valence-electron chi connectivity index (χ2n) is 5.41. The van der Waals surface area contributed by atoms with Gasteiger partial charge in [-0.05, 0) is 44.0 Å². The average molecular weight is 326 g/mol. The van der Waals surface area contributed by atoms with Crippen molar-refractivity contribution in [3.8, 4) is 11.5 Å². The first kappa shape index (κ1) is 17.5. The zero-order valence-electron chi connectivity index (χ0n) is 14.2. The summed E-state index contributed by atoms with van der Waals surface area (Å²) in [4.78, 5) is 16.2. The van der Waals surface area contributed by atoms with Gasteiger partial charge < -0.3 is 15.2 Å². The van der Waals surface area contributed by atoms with E-state index in [4.69, 9.17) is 4.74 Å². The van der Waals surface area contributed by atoms with E-state index in [-0.39, 0.29) is 18.2 Å². The van der Waals surface area contributed by atoms with Gasteiger partial charge in [0.15, 0.2) is 11.5 Å². The van der Waals surface area contributed by atoms with Crippen LogP contribution in [0.5, 0.6) is 11.5 Å². The fourth-order valence-electron chi connectivity index (χ4n) is 2.33.